The number of benzene rings is 2. The van der Waals surface area contributed by atoms with Crippen LogP contribution in [0.2, 0.25) is 15.1 Å². The van der Waals surface area contributed by atoms with Crippen molar-refractivity contribution in [1.29, 1.82) is 0 Å². The highest BCUT2D eigenvalue weighted by molar-refractivity contribution is 9.10. The number of allylic oxidation sites excluding steroid dienone is 1. The molecule has 2 aromatic carbocycles. The van der Waals surface area contributed by atoms with Crippen molar-refractivity contribution in [2.75, 3.05) is 11.1 Å². The highest BCUT2D eigenvalue weighted by Gasteiger charge is 2.25. The molecule has 1 heterocycles. The van der Waals surface area contributed by atoms with E-state index in [4.69, 9.17) is 34.8 Å². The third-order valence-electron chi connectivity index (χ3n) is 5.09. The van der Waals surface area contributed by atoms with Crippen molar-refractivity contribution in [1.82, 2.24) is 20.1 Å². The number of thioether (sulfide) groups is 1. The van der Waals surface area contributed by atoms with Crippen LogP contribution in [-0.4, -0.2) is 32.3 Å². The first-order valence-corrected chi connectivity index (χ1v) is 14.2. The predicted octanol–water partition coefficient (Wildman–Crippen LogP) is 7.43. The van der Waals surface area contributed by atoms with Crippen molar-refractivity contribution in [2.45, 2.75) is 38.0 Å². The zero-order valence-corrected chi connectivity index (χ0v) is 24.8. The quantitative estimate of drug-likeness (QED) is 0.167. The first kappa shape index (κ1) is 29.5. The molecule has 0 fully saturated rings. The average molecular weight is 646 g/mol. The lowest BCUT2D eigenvalue weighted by molar-refractivity contribution is -0.113. The van der Waals surface area contributed by atoms with Crippen LogP contribution in [0.15, 0.2) is 58.7 Å². The molecule has 0 aliphatic heterocycles. The molecule has 0 spiro atoms. The number of aromatic nitrogens is 3. The van der Waals surface area contributed by atoms with Gasteiger partial charge in [0.25, 0.3) is 5.91 Å². The summed E-state index contributed by atoms with van der Waals surface area (Å²) in [7, 11) is 0. The third-order valence-corrected chi connectivity index (χ3v) is 7.84. The fourth-order valence-electron chi connectivity index (χ4n) is 3.48. The normalized spacial score (nSPS) is 11.9. The Hall–Kier alpha value is -2.04. The first-order valence-electron chi connectivity index (χ1n) is 11.3. The van der Waals surface area contributed by atoms with E-state index in [9.17, 15) is 9.59 Å². The monoisotopic (exact) mass is 643 g/mol. The standard InChI is InChI=1S/C25H25BrCl3N5O2S/c1-4-9-34-23(21(10-14(2)3)31-24(36)17-7-5-15(27)11-19(17)28)32-33-25(34)37-13-22(35)30-16-6-8-18(26)20(29)12-16/h4-8,11-12,14,21H,1,9-10,13H2,2-3H3,(H,30,35)(H,31,36)/t21-/m0/s1. The van der Waals surface area contributed by atoms with Gasteiger partial charge in [-0.15, -0.1) is 16.8 Å². The zero-order chi connectivity index (χ0) is 27.1. The Bertz CT molecular complexity index is 1300. The molecule has 0 saturated heterocycles. The van der Waals surface area contributed by atoms with E-state index in [1.165, 1.54) is 17.8 Å². The number of carbonyl (C=O) groups excluding carboxylic acids is 2. The van der Waals surface area contributed by atoms with Crippen molar-refractivity contribution in [2.24, 2.45) is 5.92 Å². The van der Waals surface area contributed by atoms with Crippen LogP contribution in [0.4, 0.5) is 5.69 Å². The van der Waals surface area contributed by atoms with E-state index >= 15 is 0 Å². The van der Waals surface area contributed by atoms with Gasteiger partial charge in [-0.05, 0) is 64.7 Å². The second-order valence-corrected chi connectivity index (χ2v) is 11.5. The Kier molecular flexibility index (Phi) is 10.9. The van der Waals surface area contributed by atoms with Crippen LogP contribution in [0.3, 0.4) is 0 Å². The second kappa shape index (κ2) is 13.7. The van der Waals surface area contributed by atoms with Crippen molar-refractivity contribution >= 4 is 80.0 Å². The molecule has 3 rings (SSSR count). The minimum Gasteiger partial charge on any atom is -0.342 e. The molecule has 0 radical (unpaired) electrons. The number of anilines is 1. The molecular weight excluding hydrogens is 621 g/mol. The fraction of sp³-hybridized carbons (Fsp3) is 0.280. The van der Waals surface area contributed by atoms with Crippen LogP contribution in [0, 0.1) is 5.92 Å². The Balaban J connectivity index is 1.78. The lowest BCUT2D eigenvalue weighted by Gasteiger charge is -2.21. The van der Waals surface area contributed by atoms with Gasteiger partial charge in [-0.1, -0.05) is 66.5 Å². The van der Waals surface area contributed by atoms with Gasteiger partial charge in [0.15, 0.2) is 11.0 Å². The van der Waals surface area contributed by atoms with Crippen molar-refractivity contribution in [3.63, 3.8) is 0 Å². The summed E-state index contributed by atoms with van der Waals surface area (Å²) in [4.78, 5) is 25.6. The summed E-state index contributed by atoms with van der Waals surface area (Å²) in [6.45, 7) is 8.34. The summed E-state index contributed by atoms with van der Waals surface area (Å²) in [5, 5.41) is 16.3. The lowest BCUT2D eigenvalue weighted by atomic mass is 10.0. The molecular formula is C25H25BrCl3N5O2S. The summed E-state index contributed by atoms with van der Waals surface area (Å²) in [6.07, 6.45) is 2.33. The van der Waals surface area contributed by atoms with Crippen LogP contribution in [-0.2, 0) is 11.3 Å². The molecule has 0 unspecified atom stereocenters. The van der Waals surface area contributed by atoms with Gasteiger partial charge in [0.1, 0.15) is 0 Å². The van der Waals surface area contributed by atoms with Gasteiger partial charge in [-0.25, -0.2) is 0 Å². The van der Waals surface area contributed by atoms with E-state index in [1.54, 1.807) is 36.4 Å². The van der Waals surface area contributed by atoms with Crippen LogP contribution in [0.1, 0.15) is 42.5 Å². The molecule has 7 nitrogen and oxygen atoms in total. The summed E-state index contributed by atoms with van der Waals surface area (Å²) < 4.78 is 2.59. The van der Waals surface area contributed by atoms with Gasteiger partial charge in [0.2, 0.25) is 5.91 Å². The molecule has 12 heteroatoms. The summed E-state index contributed by atoms with van der Waals surface area (Å²) in [6, 6.07) is 9.46. The number of hydrogen-bond acceptors (Lipinski definition) is 5. The van der Waals surface area contributed by atoms with E-state index in [1.807, 2.05) is 4.57 Å². The molecule has 1 atom stereocenters. The molecule has 0 saturated carbocycles. The number of carbonyl (C=O) groups is 2. The fourth-order valence-corrected chi connectivity index (χ4v) is 5.15. The van der Waals surface area contributed by atoms with Crippen LogP contribution in [0.5, 0.6) is 0 Å². The van der Waals surface area contributed by atoms with E-state index in [-0.39, 0.29) is 28.5 Å². The number of hydrogen-bond donors (Lipinski definition) is 2. The highest BCUT2D eigenvalue weighted by atomic mass is 79.9. The van der Waals surface area contributed by atoms with Gasteiger partial charge in [0.05, 0.1) is 27.4 Å². The smallest absolute Gasteiger partial charge is 0.253 e. The number of rotatable bonds is 11. The number of nitrogens with one attached hydrogen (secondary N) is 2. The summed E-state index contributed by atoms with van der Waals surface area (Å²) >= 11 is 22.9. The zero-order valence-electron chi connectivity index (χ0n) is 20.1. The van der Waals surface area contributed by atoms with Gasteiger partial charge in [-0.3, -0.25) is 9.59 Å². The average Bonchev–Trinajstić information content (AvgIpc) is 3.22. The number of nitrogens with zero attached hydrogens (tertiary/aromatic N) is 3. The van der Waals surface area contributed by atoms with E-state index in [0.29, 0.717) is 45.2 Å². The highest BCUT2D eigenvalue weighted by Crippen LogP contribution is 2.28. The maximum Gasteiger partial charge on any atom is 0.253 e. The van der Waals surface area contributed by atoms with Crippen LogP contribution < -0.4 is 10.6 Å². The van der Waals surface area contributed by atoms with Crippen LogP contribution in [0.25, 0.3) is 0 Å². The van der Waals surface area contributed by atoms with Crippen molar-refractivity contribution in [3.8, 4) is 0 Å². The molecule has 37 heavy (non-hydrogen) atoms. The van der Waals surface area contributed by atoms with Gasteiger partial charge in [-0.2, -0.15) is 0 Å². The van der Waals surface area contributed by atoms with Gasteiger partial charge in [0, 0.05) is 21.7 Å². The SMILES string of the molecule is C=CCn1c(SCC(=O)Nc2ccc(Br)c(Cl)c2)nnc1[C@H](CC(C)C)NC(=O)c1ccc(Cl)cc1Cl. The second-order valence-electron chi connectivity index (χ2n) is 8.49. The largest absolute Gasteiger partial charge is 0.342 e. The molecule has 0 bridgehead atoms. The third kappa shape index (κ3) is 8.22. The molecule has 2 amide bonds. The van der Waals surface area contributed by atoms with Gasteiger partial charge >= 0.3 is 0 Å². The summed E-state index contributed by atoms with van der Waals surface area (Å²) in [5.41, 5.74) is 0.904. The Morgan fingerprint density at radius 1 is 1.14 bits per heavy atom. The topological polar surface area (TPSA) is 88.9 Å². The van der Waals surface area contributed by atoms with Crippen molar-refractivity contribution < 1.29 is 9.59 Å². The Labute approximate surface area is 243 Å². The maximum absolute atomic E-state index is 13.1. The maximum atomic E-state index is 13.1. The van der Waals surface area contributed by atoms with Crippen molar-refractivity contribution in [3.05, 3.63) is 80.0 Å². The van der Waals surface area contributed by atoms with Crippen LogP contribution >= 0.6 is 62.5 Å². The molecule has 0 aliphatic rings. The summed E-state index contributed by atoms with van der Waals surface area (Å²) in [5.74, 6) is 0.351. The number of halogens is 4. The van der Waals surface area contributed by atoms with E-state index in [2.05, 4.69) is 57.2 Å². The molecule has 2 N–H and O–H groups in total. The van der Waals surface area contributed by atoms with E-state index < -0.39 is 6.04 Å². The molecule has 1 aromatic heterocycles. The predicted molar refractivity (Wildman–Crippen MR) is 155 cm³/mol. The first-order chi connectivity index (χ1) is 17.6. The minimum atomic E-state index is -0.445. The minimum absolute atomic E-state index is 0.102. The molecule has 196 valence electrons. The lowest BCUT2D eigenvalue weighted by Crippen LogP contribution is -2.32. The number of amides is 2. The van der Waals surface area contributed by atoms with E-state index in [0.717, 1.165) is 4.47 Å². The molecule has 3 aromatic rings. The Morgan fingerprint density at radius 2 is 1.89 bits per heavy atom. The van der Waals surface area contributed by atoms with Gasteiger partial charge < -0.3 is 15.2 Å². The molecule has 0 aliphatic carbocycles. The Morgan fingerprint density at radius 3 is 2.54 bits per heavy atom.